The van der Waals surface area contributed by atoms with Crippen LogP contribution < -0.4 is 10.6 Å². The number of carbonyl (C=O) groups excluding carboxylic acids is 1. The predicted octanol–water partition coefficient (Wildman–Crippen LogP) is 5.32. The van der Waals surface area contributed by atoms with Crippen molar-refractivity contribution >= 4 is 33.2 Å². The van der Waals surface area contributed by atoms with Crippen LogP contribution >= 0.6 is 15.9 Å². The molecule has 23 heavy (non-hydrogen) atoms. The number of amides is 1. The van der Waals surface area contributed by atoms with Gasteiger partial charge in [-0.3, -0.25) is 4.79 Å². The molecular weight excluding hydrogens is 352 g/mol. The van der Waals surface area contributed by atoms with E-state index in [2.05, 4.69) is 52.5 Å². The number of benzene rings is 2. The number of para-hydroxylation sites is 1. The van der Waals surface area contributed by atoms with E-state index in [0.717, 1.165) is 21.4 Å². The monoisotopic (exact) mass is 374 g/mol. The lowest BCUT2D eigenvalue weighted by atomic mass is 10.0. The molecule has 3 nitrogen and oxygen atoms in total. The Labute approximate surface area is 146 Å². The van der Waals surface area contributed by atoms with Crippen LogP contribution in [0, 0.1) is 6.92 Å². The van der Waals surface area contributed by atoms with Crippen molar-refractivity contribution in [2.24, 2.45) is 0 Å². The summed E-state index contributed by atoms with van der Waals surface area (Å²) in [5, 5.41) is 6.30. The van der Waals surface area contributed by atoms with Gasteiger partial charge in [-0.25, -0.2) is 0 Å². The molecule has 0 heterocycles. The number of anilines is 2. The van der Waals surface area contributed by atoms with Crippen molar-refractivity contribution in [3.05, 3.63) is 58.1 Å². The Kier molecular flexibility index (Phi) is 6.22. The molecule has 2 N–H and O–H groups in total. The summed E-state index contributed by atoms with van der Waals surface area (Å²) in [6.07, 6.45) is 0.423. The molecule has 1 amide bonds. The Bertz CT molecular complexity index is 683. The molecule has 0 aliphatic rings. The minimum absolute atomic E-state index is 0.0221. The lowest BCUT2D eigenvalue weighted by molar-refractivity contribution is -0.115. The van der Waals surface area contributed by atoms with E-state index in [1.807, 2.05) is 37.3 Å². The quantitative estimate of drug-likeness (QED) is 0.717. The van der Waals surface area contributed by atoms with E-state index >= 15 is 0 Å². The van der Waals surface area contributed by atoms with Gasteiger partial charge in [-0.15, -0.1) is 0 Å². The van der Waals surface area contributed by atoms with E-state index in [0.29, 0.717) is 18.9 Å². The van der Waals surface area contributed by atoms with Crippen molar-refractivity contribution in [1.82, 2.24) is 0 Å². The molecule has 0 aromatic heterocycles. The number of carbonyl (C=O) groups is 1. The molecule has 2 aromatic rings. The van der Waals surface area contributed by atoms with Gasteiger partial charge in [-0.05, 0) is 58.1 Å². The SMILES string of the molecule is Cc1ccc(NCCC(=O)Nc2ccccc2C(C)C)c(Br)c1. The molecule has 0 saturated carbocycles. The summed E-state index contributed by atoms with van der Waals surface area (Å²) in [5.74, 6) is 0.405. The van der Waals surface area contributed by atoms with E-state index in [4.69, 9.17) is 0 Å². The fraction of sp³-hybridized carbons (Fsp3) is 0.316. The van der Waals surface area contributed by atoms with Gasteiger partial charge in [-0.2, -0.15) is 0 Å². The predicted molar refractivity (Wildman–Crippen MR) is 101 cm³/mol. The molecule has 4 heteroatoms. The molecule has 0 aliphatic carbocycles. The highest BCUT2D eigenvalue weighted by molar-refractivity contribution is 9.10. The zero-order valence-corrected chi connectivity index (χ0v) is 15.4. The van der Waals surface area contributed by atoms with Crippen molar-refractivity contribution in [2.75, 3.05) is 17.2 Å². The van der Waals surface area contributed by atoms with Crippen LogP contribution in [0.5, 0.6) is 0 Å². The van der Waals surface area contributed by atoms with Crippen LogP contribution in [-0.2, 0) is 4.79 Å². The fourth-order valence-electron chi connectivity index (χ4n) is 2.40. The molecule has 0 atom stereocenters. The van der Waals surface area contributed by atoms with Crippen LogP contribution in [0.25, 0.3) is 0 Å². The van der Waals surface area contributed by atoms with Crippen LogP contribution in [0.2, 0.25) is 0 Å². The highest BCUT2D eigenvalue weighted by atomic mass is 79.9. The van der Waals surface area contributed by atoms with E-state index in [1.54, 1.807) is 0 Å². The summed E-state index contributed by atoms with van der Waals surface area (Å²) >= 11 is 3.53. The Balaban J connectivity index is 1.88. The second kappa shape index (κ2) is 8.16. The first-order valence-corrected chi connectivity index (χ1v) is 8.65. The summed E-state index contributed by atoms with van der Waals surface area (Å²) in [5.41, 5.74) is 4.27. The average Bonchev–Trinajstić information content (AvgIpc) is 2.50. The van der Waals surface area contributed by atoms with Gasteiger partial charge in [0.05, 0.1) is 0 Å². The van der Waals surface area contributed by atoms with Crippen LogP contribution in [0.1, 0.15) is 37.3 Å². The normalized spacial score (nSPS) is 10.7. The molecule has 0 unspecified atom stereocenters. The number of aryl methyl sites for hydroxylation is 1. The Morgan fingerprint density at radius 3 is 2.57 bits per heavy atom. The molecule has 122 valence electrons. The molecule has 0 saturated heterocycles. The van der Waals surface area contributed by atoms with Crippen LogP contribution in [0.15, 0.2) is 46.9 Å². The average molecular weight is 375 g/mol. The molecule has 0 radical (unpaired) electrons. The Morgan fingerprint density at radius 1 is 1.13 bits per heavy atom. The first kappa shape index (κ1) is 17.5. The molecule has 0 spiro atoms. The maximum atomic E-state index is 12.2. The largest absolute Gasteiger partial charge is 0.384 e. The summed E-state index contributed by atoms with van der Waals surface area (Å²) in [6.45, 7) is 6.90. The lowest BCUT2D eigenvalue weighted by Crippen LogP contribution is -2.17. The fourth-order valence-corrected chi connectivity index (χ4v) is 3.03. The maximum absolute atomic E-state index is 12.2. The minimum Gasteiger partial charge on any atom is -0.384 e. The standard InChI is InChI=1S/C19H23BrN2O/c1-13(2)15-6-4-5-7-17(15)22-19(23)10-11-21-18-9-8-14(3)12-16(18)20/h4-9,12-13,21H,10-11H2,1-3H3,(H,22,23). The van der Waals surface area contributed by atoms with Gasteiger partial charge in [0.25, 0.3) is 0 Å². The summed E-state index contributed by atoms with van der Waals surface area (Å²) in [4.78, 5) is 12.2. The zero-order chi connectivity index (χ0) is 16.8. The van der Waals surface area contributed by atoms with Crippen molar-refractivity contribution in [1.29, 1.82) is 0 Å². The van der Waals surface area contributed by atoms with Crippen LogP contribution in [-0.4, -0.2) is 12.5 Å². The third kappa shape index (κ3) is 5.10. The third-order valence-corrected chi connectivity index (χ3v) is 4.31. The van der Waals surface area contributed by atoms with Crippen molar-refractivity contribution in [3.8, 4) is 0 Å². The number of hydrogen-bond donors (Lipinski definition) is 2. The van der Waals surface area contributed by atoms with Crippen molar-refractivity contribution < 1.29 is 4.79 Å². The Hall–Kier alpha value is -1.81. The van der Waals surface area contributed by atoms with E-state index in [9.17, 15) is 4.79 Å². The smallest absolute Gasteiger partial charge is 0.226 e. The van der Waals surface area contributed by atoms with Gasteiger partial charge in [0.1, 0.15) is 0 Å². The van der Waals surface area contributed by atoms with Crippen LogP contribution in [0.4, 0.5) is 11.4 Å². The van der Waals surface area contributed by atoms with Gasteiger partial charge in [-0.1, -0.05) is 38.1 Å². The summed E-state index contributed by atoms with van der Waals surface area (Å²) in [6, 6.07) is 14.1. The minimum atomic E-state index is 0.0221. The van der Waals surface area contributed by atoms with Crippen molar-refractivity contribution in [3.63, 3.8) is 0 Å². The summed E-state index contributed by atoms with van der Waals surface area (Å²) < 4.78 is 1.02. The first-order valence-electron chi connectivity index (χ1n) is 7.86. The third-order valence-electron chi connectivity index (χ3n) is 3.65. The van der Waals surface area contributed by atoms with Crippen molar-refractivity contribution in [2.45, 2.75) is 33.1 Å². The second-order valence-corrected chi connectivity index (χ2v) is 6.80. The maximum Gasteiger partial charge on any atom is 0.226 e. The Morgan fingerprint density at radius 2 is 1.87 bits per heavy atom. The number of nitrogens with one attached hydrogen (secondary N) is 2. The first-order chi connectivity index (χ1) is 11.0. The van der Waals surface area contributed by atoms with Gasteiger partial charge in [0.15, 0.2) is 0 Å². The molecule has 2 aromatic carbocycles. The zero-order valence-electron chi connectivity index (χ0n) is 13.8. The van der Waals surface area contributed by atoms with Gasteiger partial charge < -0.3 is 10.6 Å². The highest BCUT2D eigenvalue weighted by Gasteiger charge is 2.09. The number of hydrogen-bond acceptors (Lipinski definition) is 2. The molecule has 0 fully saturated rings. The van der Waals surface area contributed by atoms with E-state index < -0.39 is 0 Å². The molecular formula is C19H23BrN2O. The molecule has 0 aliphatic heterocycles. The van der Waals surface area contributed by atoms with Gasteiger partial charge in [0.2, 0.25) is 5.91 Å². The number of rotatable bonds is 6. The van der Waals surface area contributed by atoms with Gasteiger partial charge >= 0.3 is 0 Å². The van der Waals surface area contributed by atoms with E-state index in [1.165, 1.54) is 5.56 Å². The van der Waals surface area contributed by atoms with Crippen LogP contribution in [0.3, 0.4) is 0 Å². The van der Waals surface area contributed by atoms with Gasteiger partial charge in [0, 0.05) is 28.8 Å². The highest BCUT2D eigenvalue weighted by Crippen LogP contribution is 2.24. The number of halogens is 1. The lowest BCUT2D eigenvalue weighted by Gasteiger charge is -2.14. The topological polar surface area (TPSA) is 41.1 Å². The molecule has 0 bridgehead atoms. The second-order valence-electron chi connectivity index (χ2n) is 5.95. The molecule has 2 rings (SSSR count). The van der Waals surface area contributed by atoms with E-state index in [-0.39, 0.29) is 5.91 Å². The summed E-state index contributed by atoms with van der Waals surface area (Å²) in [7, 11) is 0.